The molecular formula is C11H9O3S-. The molecule has 0 bridgehead atoms. The standard InChI is InChI=1S/C11H10O3S/c1-8-3-2-4-9-7-10(14-15(12)13)5-6-11(8)9/h2-7H,1H3,(H,12,13)/p-1. The zero-order valence-electron chi connectivity index (χ0n) is 8.10. The molecule has 0 aliphatic heterocycles. The summed E-state index contributed by atoms with van der Waals surface area (Å²) in [5.41, 5.74) is 1.15. The number of rotatable bonds is 2. The minimum Gasteiger partial charge on any atom is -0.740 e. The second kappa shape index (κ2) is 4.00. The highest BCUT2D eigenvalue weighted by Gasteiger charge is 1.99. The van der Waals surface area contributed by atoms with Crippen molar-refractivity contribution < 1.29 is 12.9 Å². The second-order valence-electron chi connectivity index (χ2n) is 3.25. The van der Waals surface area contributed by atoms with Gasteiger partial charge in [0, 0.05) is 0 Å². The van der Waals surface area contributed by atoms with E-state index in [2.05, 4.69) is 4.18 Å². The molecule has 0 heterocycles. The van der Waals surface area contributed by atoms with Crippen molar-refractivity contribution in [3.8, 4) is 5.75 Å². The summed E-state index contributed by atoms with van der Waals surface area (Å²) < 4.78 is 25.3. The van der Waals surface area contributed by atoms with Gasteiger partial charge in [0.05, 0.1) is 0 Å². The number of aryl methyl sites for hydroxylation is 1. The maximum Gasteiger partial charge on any atom is 0.139 e. The fourth-order valence-electron chi connectivity index (χ4n) is 1.55. The normalized spacial score (nSPS) is 12.7. The molecule has 0 saturated heterocycles. The smallest absolute Gasteiger partial charge is 0.139 e. The number of fused-ring (bicyclic) bond motifs is 1. The Bertz CT molecular complexity index is 522. The predicted octanol–water partition coefficient (Wildman–Crippen LogP) is 2.32. The Hall–Kier alpha value is -1.39. The quantitative estimate of drug-likeness (QED) is 0.731. The topological polar surface area (TPSA) is 49.4 Å². The molecule has 78 valence electrons. The van der Waals surface area contributed by atoms with Crippen LogP contribution < -0.4 is 4.18 Å². The number of benzene rings is 2. The van der Waals surface area contributed by atoms with E-state index < -0.39 is 11.4 Å². The van der Waals surface area contributed by atoms with Gasteiger partial charge in [-0.3, -0.25) is 0 Å². The average molecular weight is 221 g/mol. The maximum absolute atomic E-state index is 10.3. The third kappa shape index (κ3) is 2.16. The molecule has 2 aromatic carbocycles. The molecule has 0 fully saturated rings. The Kier molecular flexibility index (Phi) is 2.70. The third-order valence-corrected chi connectivity index (χ3v) is 2.56. The first kappa shape index (κ1) is 10.1. The molecule has 15 heavy (non-hydrogen) atoms. The maximum atomic E-state index is 10.3. The Morgan fingerprint density at radius 1 is 1.27 bits per heavy atom. The van der Waals surface area contributed by atoms with Gasteiger partial charge in [0.2, 0.25) is 0 Å². The van der Waals surface area contributed by atoms with Gasteiger partial charge < -0.3 is 8.74 Å². The van der Waals surface area contributed by atoms with Crippen LogP contribution in [0, 0.1) is 6.92 Å². The first-order valence-corrected chi connectivity index (χ1v) is 5.44. The molecule has 0 radical (unpaired) electrons. The van der Waals surface area contributed by atoms with Gasteiger partial charge in [-0.05, 0) is 35.4 Å². The van der Waals surface area contributed by atoms with Crippen LogP contribution in [0.15, 0.2) is 36.4 Å². The third-order valence-electron chi connectivity index (χ3n) is 2.23. The first-order valence-electron chi connectivity index (χ1n) is 4.44. The van der Waals surface area contributed by atoms with Crippen molar-refractivity contribution in [1.82, 2.24) is 0 Å². The fourth-order valence-corrected chi connectivity index (χ4v) is 1.81. The van der Waals surface area contributed by atoms with E-state index >= 15 is 0 Å². The molecule has 0 N–H and O–H groups in total. The van der Waals surface area contributed by atoms with Crippen LogP contribution in [0.1, 0.15) is 5.56 Å². The molecule has 1 unspecified atom stereocenters. The van der Waals surface area contributed by atoms with Crippen molar-refractivity contribution in [3.05, 3.63) is 42.0 Å². The SMILES string of the molecule is Cc1cccc2cc(OS(=O)[O-])ccc12. The highest BCUT2D eigenvalue weighted by molar-refractivity contribution is 7.74. The predicted molar refractivity (Wildman–Crippen MR) is 58.2 cm³/mol. The van der Waals surface area contributed by atoms with Crippen LogP contribution in [0.5, 0.6) is 5.75 Å². The van der Waals surface area contributed by atoms with Crippen LogP contribution in [0.4, 0.5) is 0 Å². The minimum absolute atomic E-state index is 0.335. The Labute approximate surface area is 90.2 Å². The van der Waals surface area contributed by atoms with Gasteiger partial charge in [-0.15, -0.1) is 0 Å². The van der Waals surface area contributed by atoms with E-state index in [4.69, 9.17) is 0 Å². The number of hydrogen-bond donors (Lipinski definition) is 0. The molecule has 0 aromatic heterocycles. The van der Waals surface area contributed by atoms with Gasteiger partial charge in [0.1, 0.15) is 17.1 Å². The largest absolute Gasteiger partial charge is 0.740 e. The van der Waals surface area contributed by atoms with Crippen molar-refractivity contribution in [2.24, 2.45) is 0 Å². The molecule has 0 saturated carbocycles. The van der Waals surface area contributed by atoms with Crippen LogP contribution in [0.2, 0.25) is 0 Å². The summed E-state index contributed by atoms with van der Waals surface area (Å²) in [7, 11) is 0. The Morgan fingerprint density at radius 3 is 2.80 bits per heavy atom. The van der Waals surface area contributed by atoms with E-state index in [1.165, 1.54) is 0 Å². The lowest BCUT2D eigenvalue weighted by atomic mass is 10.1. The second-order valence-corrected chi connectivity index (χ2v) is 3.82. The Balaban J connectivity index is 2.52. The zero-order chi connectivity index (χ0) is 10.8. The summed E-state index contributed by atoms with van der Waals surface area (Å²) in [5.74, 6) is 0.335. The molecule has 0 aliphatic carbocycles. The van der Waals surface area contributed by atoms with Crippen molar-refractivity contribution in [2.75, 3.05) is 0 Å². The van der Waals surface area contributed by atoms with Gasteiger partial charge in [0.15, 0.2) is 0 Å². The molecule has 3 nitrogen and oxygen atoms in total. The van der Waals surface area contributed by atoms with Crippen LogP contribution in [-0.2, 0) is 11.4 Å². The Morgan fingerprint density at radius 2 is 2.07 bits per heavy atom. The van der Waals surface area contributed by atoms with Gasteiger partial charge in [-0.25, -0.2) is 4.21 Å². The first-order chi connectivity index (χ1) is 7.16. The lowest BCUT2D eigenvalue weighted by Crippen LogP contribution is -1.97. The van der Waals surface area contributed by atoms with Gasteiger partial charge in [-0.2, -0.15) is 0 Å². The van der Waals surface area contributed by atoms with E-state index in [1.807, 2.05) is 31.2 Å². The van der Waals surface area contributed by atoms with Crippen molar-refractivity contribution in [3.63, 3.8) is 0 Å². The molecule has 0 aliphatic rings. The molecule has 0 spiro atoms. The van der Waals surface area contributed by atoms with E-state index in [0.29, 0.717) is 5.75 Å². The van der Waals surface area contributed by atoms with E-state index in [9.17, 15) is 8.76 Å². The average Bonchev–Trinajstić information content (AvgIpc) is 2.17. The molecule has 1 atom stereocenters. The van der Waals surface area contributed by atoms with Gasteiger partial charge >= 0.3 is 0 Å². The monoisotopic (exact) mass is 221 g/mol. The molecule has 2 aromatic rings. The van der Waals surface area contributed by atoms with E-state index in [-0.39, 0.29) is 0 Å². The highest BCUT2D eigenvalue weighted by atomic mass is 32.2. The van der Waals surface area contributed by atoms with E-state index in [0.717, 1.165) is 16.3 Å². The van der Waals surface area contributed by atoms with Crippen molar-refractivity contribution in [2.45, 2.75) is 6.92 Å². The number of hydrogen-bond acceptors (Lipinski definition) is 3. The molecule has 2 rings (SSSR count). The van der Waals surface area contributed by atoms with E-state index in [1.54, 1.807) is 12.1 Å². The highest BCUT2D eigenvalue weighted by Crippen LogP contribution is 2.23. The molecular weight excluding hydrogens is 212 g/mol. The van der Waals surface area contributed by atoms with Crippen LogP contribution in [0.25, 0.3) is 10.8 Å². The van der Waals surface area contributed by atoms with Crippen LogP contribution in [0.3, 0.4) is 0 Å². The summed E-state index contributed by atoms with van der Waals surface area (Å²) in [5, 5.41) is 2.07. The fraction of sp³-hybridized carbons (Fsp3) is 0.0909. The summed E-state index contributed by atoms with van der Waals surface area (Å²) in [6.07, 6.45) is 0. The summed E-state index contributed by atoms with van der Waals surface area (Å²) in [6.45, 7) is 2.01. The lowest BCUT2D eigenvalue weighted by molar-refractivity contribution is 0.440. The zero-order valence-corrected chi connectivity index (χ0v) is 8.91. The van der Waals surface area contributed by atoms with Crippen LogP contribution >= 0.6 is 0 Å². The lowest BCUT2D eigenvalue weighted by Gasteiger charge is -2.08. The van der Waals surface area contributed by atoms with Crippen molar-refractivity contribution >= 4 is 22.1 Å². The molecule has 0 amide bonds. The summed E-state index contributed by atoms with van der Waals surface area (Å²) >= 11 is -2.51. The van der Waals surface area contributed by atoms with Gasteiger partial charge in [0.25, 0.3) is 0 Å². The van der Waals surface area contributed by atoms with Crippen molar-refractivity contribution in [1.29, 1.82) is 0 Å². The van der Waals surface area contributed by atoms with Gasteiger partial charge in [-0.1, -0.05) is 24.3 Å². The summed E-state index contributed by atoms with van der Waals surface area (Å²) in [4.78, 5) is 0. The minimum atomic E-state index is -2.51. The van der Waals surface area contributed by atoms with Crippen LogP contribution in [-0.4, -0.2) is 8.76 Å². The molecule has 4 heteroatoms. The summed E-state index contributed by atoms with van der Waals surface area (Å²) in [6, 6.07) is 11.1.